The molecule has 0 radical (unpaired) electrons. The Bertz CT molecular complexity index is 875. The fraction of sp³-hybridized carbons (Fsp3) is 0.545. The van der Waals surface area contributed by atoms with E-state index in [1.54, 1.807) is 19.1 Å². The smallest absolute Gasteiger partial charge is 0.337 e. The third-order valence-electron chi connectivity index (χ3n) is 5.32. The Morgan fingerprint density at radius 1 is 1.13 bits per heavy atom. The van der Waals surface area contributed by atoms with Gasteiger partial charge in [-0.2, -0.15) is 0 Å². The van der Waals surface area contributed by atoms with Gasteiger partial charge in [-0.15, -0.1) is 10.2 Å². The van der Waals surface area contributed by atoms with Gasteiger partial charge < -0.3 is 14.6 Å². The second kappa shape index (κ2) is 9.84. The third-order valence-corrected chi connectivity index (χ3v) is 5.32. The molecule has 1 atom stereocenters. The van der Waals surface area contributed by atoms with E-state index in [1.807, 2.05) is 12.1 Å². The average molecular weight is 414 g/mol. The quantitative estimate of drug-likeness (QED) is 0.701. The number of hydrogen-bond donors (Lipinski definition) is 1. The van der Waals surface area contributed by atoms with Gasteiger partial charge in [0, 0.05) is 39.5 Å². The predicted molar refractivity (Wildman–Crippen MR) is 113 cm³/mol. The van der Waals surface area contributed by atoms with E-state index in [-0.39, 0.29) is 17.9 Å². The maximum absolute atomic E-state index is 11.7. The highest BCUT2D eigenvalue weighted by molar-refractivity contribution is 5.89. The van der Waals surface area contributed by atoms with Crippen LogP contribution < -0.4 is 5.32 Å². The Morgan fingerprint density at radius 2 is 1.87 bits per heavy atom. The molecule has 2 aromatic rings. The molecule has 0 aliphatic carbocycles. The standard InChI is InChI=1S/C22H31N5O3/c1-15(2)13-19(23-16(3)28)21-25-24-20-9-10-26(11-12-27(20)21)14-17-5-7-18(8-6-17)22(29)30-4/h5-8,15,19H,9-14H2,1-4H3,(H,23,28)/t19-/m0/s1. The maximum Gasteiger partial charge on any atom is 0.337 e. The first-order valence-corrected chi connectivity index (χ1v) is 10.5. The molecule has 0 unspecified atom stereocenters. The molecule has 0 saturated carbocycles. The summed E-state index contributed by atoms with van der Waals surface area (Å²) in [5.74, 6) is 1.87. The fourth-order valence-electron chi connectivity index (χ4n) is 3.87. The predicted octanol–water partition coefficient (Wildman–Crippen LogP) is 2.35. The number of aromatic nitrogens is 3. The second-order valence-corrected chi connectivity index (χ2v) is 8.22. The molecule has 0 fully saturated rings. The van der Waals surface area contributed by atoms with Crippen LogP contribution in [0.1, 0.15) is 60.8 Å². The molecule has 1 aromatic carbocycles. The number of fused-ring (bicyclic) bond motifs is 1. The monoisotopic (exact) mass is 413 g/mol. The Kier molecular flexibility index (Phi) is 7.20. The maximum atomic E-state index is 11.7. The number of esters is 1. The van der Waals surface area contributed by atoms with Gasteiger partial charge in [0.25, 0.3) is 0 Å². The van der Waals surface area contributed by atoms with E-state index < -0.39 is 0 Å². The van der Waals surface area contributed by atoms with Crippen molar-refractivity contribution in [3.63, 3.8) is 0 Å². The summed E-state index contributed by atoms with van der Waals surface area (Å²) in [5.41, 5.74) is 1.71. The molecule has 1 amide bonds. The zero-order valence-corrected chi connectivity index (χ0v) is 18.2. The summed E-state index contributed by atoms with van der Waals surface area (Å²) in [4.78, 5) is 25.7. The topological polar surface area (TPSA) is 89.3 Å². The van der Waals surface area contributed by atoms with Gasteiger partial charge in [-0.25, -0.2) is 4.79 Å². The van der Waals surface area contributed by atoms with Gasteiger partial charge in [-0.05, 0) is 30.0 Å². The highest BCUT2D eigenvalue weighted by Crippen LogP contribution is 2.22. The molecule has 0 bridgehead atoms. The Labute approximate surface area is 177 Å². The van der Waals surface area contributed by atoms with Crippen molar-refractivity contribution in [3.05, 3.63) is 47.0 Å². The molecular formula is C22H31N5O3. The van der Waals surface area contributed by atoms with E-state index in [9.17, 15) is 9.59 Å². The number of rotatable bonds is 7. The number of methoxy groups -OCH3 is 1. The summed E-state index contributed by atoms with van der Waals surface area (Å²) in [7, 11) is 1.39. The fourth-order valence-corrected chi connectivity index (χ4v) is 3.87. The molecule has 8 nitrogen and oxygen atoms in total. The number of nitrogens with zero attached hydrogens (tertiary/aromatic N) is 4. The summed E-state index contributed by atoms with van der Waals surface area (Å²) in [6, 6.07) is 7.42. The molecule has 0 saturated heterocycles. The molecule has 1 aliphatic rings. The van der Waals surface area contributed by atoms with E-state index in [0.29, 0.717) is 11.5 Å². The summed E-state index contributed by atoms with van der Waals surface area (Å²) in [5, 5.41) is 11.9. The molecule has 1 N–H and O–H groups in total. The number of amides is 1. The number of ether oxygens (including phenoxy) is 1. The van der Waals surface area contributed by atoms with Crippen molar-refractivity contribution in [1.29, 1.82) is 0 Å². The molecule has 30 heavy (non-hydrogen) atoms. The lowest BCUT2D eigenvalue weighted by Crippen LogP contribution is -2.31. The van der Waals surface area contributed by atoms with Crippen LogP contribution in [0.5, 0.6) is 0 Å². The van der Waals surface area contributed by atoms with Gasteiger partial charge >= 0.3 is 5.97 Å². The minimum Gasteiger partial charge on any atom is -0.465 e. The Hall–Kier alpha value is -2.74. The molecule has 1 aromatic heterocycles. The van der Waals surface area contributed by atoms with Gasteiger partial charge in [-0.1, -0.05) is 26.0 Å². The number of carbonyl (C=O) groups excluding carboxylic acids is 2. The first-order valence-electron chi connectivity index (χ1n) is 10.5. The zero-order valence-electron chi connectivity index (χ0n) is 18.2. The van der Waals surface area contributed by atoms with Crippen LogP contribution in [0.25, 0.3) is 0 Å². The lowest BCUT2D eigenvalue weighted by molar-refractivity contribution is -0.119. The van der Waals surface area contributed by atoms with E-state index in [0.717, 1.165) is 56.2 Å². The molecule has 2 heterocycles. The van der Waals surface area contributed by atoms with Gasteiger partial charge in [0.05, 0.1) is 18.7 Å². The molecule has 1 aliphatic heterocycles. The van der Waals surface area contributed by atoms with Crippen molar-refractivity contribution in [2.24, 2.45) is 5.92 Å². The van der Waals surface area contributed by atoms with Gasteiger partial charge in [0.15, 0.2) is 5.82 Å². The zero-order chi connectivity index (χ0) is 21.7. The summed E-state index contributed by atoms with van der Waals surface area (Å²) >= 11 is 0. The SMILES string of the molecule is COC(=O)c1ccc(CN2CCc3nnc([C@H](CC(C)C)NC(C)=O)n3CC2)cc1. The van der Waals surface area contributed by atoms with E-state index >= 15 is 0 Å². The van der Waals surface area contributed by atoms with Gasteiger partial charge in [0.1, 0.15) is 5.82 Å². The minimum atomic E-state index is -0.322. The van der Waals surface area contributed by atoms with Crippen molar-refractivity contribution < 1.29 is 14.3 Å². The first kappa shape index (κ1) is 22.0. The number of benzene rings is 1. The van der Waals surface area contributed by atoms with Crippen LogP contribution in [0, 0.1) is 5.92 Å². The largest absolute Gasteiger partial charge is 0.465 e. The van der Waals surface area contributed by atoms with Gasteiger partial charge in [-0.3, -0.25) is 9.69 Å². The second-order valence-electron chi connectivity index (χ2n) is 8.22. The van der Waals surface area contributed by atoms with Crippen molar-refractivity contribution in [3.8, 4) is 0 Å². The summed E-state index contributed by atoms with van der Waals surface area (Å²) in [6.45, 7) is 9.16. The lowest BCUT2D eigenvalue weighted by atomic mass is 10.0. The number of carbonyl (C=O) groups is 2. The van der Waals surface area contributed by atoms with E-state index in [4.69, 9.17) is 4.74 Å². The number of hydrogen-bond acceptors (Lipinski definition) is 6. The van der Waals surface area contributed by atoms with Crippen LogP contribution in [0.15, 0.2) is 24.3 Å². The summed E-state index contributed by atoms with van der Waals surface area (Å²) < 4.78 is 6.93. The highest BCUT2D eigenvalue weighted by Gasteiger charge is 2.25. The van der Waals surface area contributed by atoms with Gasteiger partial charge in [0.2, 0.25) is 5.91 Å². The highest BCUT2D eigenvalue weighted by atomic mass is 16.5. The first-order chi connectivity index (χ1) is 14.4. The Morgan fingerprint density at radius 3 is 2.50 bits per heavy atom. The molecule has 3 rings (SSSR count). The Balaban J connectivity index is 1.68. The van der Waals surface area contributed by atoms with E-state index in [1.165, 1.54) is 7.11 Å². The van der Waals surface area contributed by atoms with Crippen LogP contribution in [0.4, 0.5) is 0 Å². The van der Waals surface area contributed by atoms with Crippen molar-refractivity contribution in [2.75, 3.05) is 20.2 Å². The van der Waals surface area contributed by atoms with E-state index in [2.05, 4.69) is 38.8 Å². The average Bonchev–Trinajstić information content (AvgIpc) is 3.01. The van der Waals surface area contributed by atoms with Crippen molar-refractivity contribution in [1.82, 2.24) is 25.0 Å². The van der Waals surface area contributed by atoms with Crippen molar-refractivity contribution >= 4 is 11.9 Å². The third kappa shape index (κ3) is 5.44. The molecule has 8 heteroatoms. The lowest BCUT2D eigenvalue weighted by Gasteiger charge is -2.22. The molecule has 162 valence electrons. The van der Waals surface area contributed by atoms with Crippen LogP contribution in [0.3, 0.4) is 0 Å². The van der Waals surface area contributed by atoms with Crippen molar-refractivity contribution in [2.45, 2.75) is 52.7 Å². The molecule has 0 spiro atoms. The van der Waals surface area contributed by atoms with Crippen LogP contribution in [-0.2, 0) is 29.0 Å². The number of nitrogens with one attached hydrogen (secondary N) is 1. The van der Waals surface area contributed by atoms with Crippen LogP contribution in [-0.4, -0.2) is 51.7 Å². The molecular weight excluding hydrogens is 382 g/mol. The van der Waals surface area contributed by atoms with Crippen LogP contribution in [0.2, 0.25) is 0 Å². The summed E-state index contributed by atoms with van der Waals surface area (Å²) in [6.07, 6.45) is 1.63. The minimum absolute atomic E-state index is 0.0522. The normalized spacial score (nSPS) is 15.4. The van der Waals surface area contributed by atoms with Crippen LogP contribution >= 0.6 is 0 Å².